The minimum atomic E-state index is -1.24. The molecule has 1 atom stereocenters. The number of carbonyl (C=O) groups is 1. The van der Waals surface area contributed by atoms with Gasteiger partial charge in [0.15, 0.2) is 5.54 Å². The second-order valence-corrected chi connectivity index (χ2v) is 4.36. The van der Waals surface area contributed by atoms with E-state index in [1.165, 1.54) is 4.68 Å². The monoisotopic (exact) mass is 245 g/mol. The second-order valence-electron chi connectivity index (χ2n) is 4.36. The van der Waals surface area contributed by atoms with E-state index in [2.05, 4.69) is 10.1 Å². The van der Waals surface area contributed by atoms with E-state index < -0.39 is 11.5 Å². The van der Waals surface area contributed by atoms with Crippen LogP contribution in [0, 0.1) is 13.8 Å². The van der Waals surface area contributed by atoms with Gasteiger partial charge >= 0.3 is 5.97 Å². The second kappa shape index (κ2) is 4.25. The zero-order chi connectivity index (χ0) is 13.3. The van der Waals surface area contributed by atoms with E-state index in [0.717, 1.165) is 0 Å². The lowest BCUT2D eigenvalue weighted by atomic mass is 9.92. The van der Waals surface area contributed by atoms with Gasteiger partial charge in [-0.25, -0.2) is 14.5 Å². The van der Waals surface area contributed by atoms with Crippen LogP contribution in [0.2, 0.25) is 0 Å². The fourth-order valence-corrected chi connectivity index (χ4v) is 2.04. The van der Waals surface area contributed by atoms with Gasteiger partial charge in [0, 0.05) is 0 Å². The van der Waals surface area contributed by atoms with Gasteiger partial charge in [0.2, 0.25) is 0 Å². The van der Waals surface area contributed by atoms with E-state index in [9.17, 15) is 9.90 Å². The molecular formula is C13H15N3O2. The van der Waals surface area contributed by atoms with Crippen LogP contribution in [-0.2, 0) is 10.3 Å². The SMILES string of the molecule is Cc1nc(C)n(C(C)(C(=O)O)c2ccccc2)n1. The Kier molecular flexibility index (Phi) is 2.90. The van der Waals surface area contributed by atoms with Gasteiger partial charge in [0.05, 0.1) is 0 Å². The third-order valence-electron chi connectivity index (χ3n) is 3.05. The molecule has 5 nitrogen and oxygen atoms in total. The summed E-state index contributed by atoms with van der Waals surface area (Å²) in [7, 11) is 0. The highest BCUT2D eigenvalue weighted by molar-refractivity contribution is 5.80. The van der Waals surface area contributed by atoms with Gasteiger partial charge in [-0.2, -0.15) is 5.10 Å². The van der Waals surface area contributed by atoms with E-state index in [1.54, 1.807) is 32.9 Å². The Morgan fingerprint density at radius 2 is 1.89 bits per heavy atom. The average molecular weight is 245 g/mol. The largest absolute Gasteiger partial charge is 0.479 e. The van der Waals surface area contributed by atoms with Crippen LogP contribution < -0.4 is 0 Å². The van der Waals surface area contributed by atoms with Gasteiger partial charge in [0.25, 0.3) is 0 Å². The molecule has 0 saturated heterocycles. The predicted molar refractivity (Wildman–Crippen MR) is 66.3 cm³/mol. The Balaban J connectivity index is 2.66. The molecule has 1 aromatic carbocycles. The van der Waals surface area contributed by atoms with Gasteiger partial charge in [-0.3, -0.25) is 0 Å². The minimum absolute atomic E-state index is 0.566. The summed E-state index contributed by atoms with van der Waals surface area (Å²) in [6.45, 7) is 5.13. The molecule has 0 bridgehead atoms. The number of aryl methyl sites for hydroxylation is 2. The highest BCUT2D eigenvalue weighted by atomic mass is 16.4. The third-order valence-corrected chi connectivity index (χ3v) is 3.05. The number of hydrogen-bond donors (Lipinski definition) is 1. The number of nitrogens with zero attached hydrogens (tertiary/aromatic N) is 3. The molecule has 0 aliphatic carbocycles. The first kappa shape index (κ1) is 12.3. The molecule has 0 saturated carbocycles. The van der Waals surface area contributed by atoms with E-state index in [0.29, 0.717) is 17.2 Å². The van der Waals surface area contributed by atoms with Gasteiger partial charge in [-0.15, -0.1) is 0 Å². The molecule has 5 heteroatoms. The van der Waals surface area contributed by atoms with Crippen molar-refractivity contribution in [2.75, 3.05) is 0 Å². The number of rotatable bonds is 3. The number of hydrogen-bond acceptors (Lipinski definition) is 3. The fourth-order valence-electron chi connectivity index (χ4n) is 2.04. The highest BCUT2D eigenvalue weighted by Gasteiger charge is 2.39. The Labute approximate surface area is 105 Å². The molecule has 1 heterocycles. The smallest absolute Gasteiger partial charge is 0.336 e. The molecule has 1 N–H and O–H groups in total. The van der Waals surface area contributed by atoms with E-state index in [1.807, 2.05) is 18.2 Å². The first-order chi connectivity index (χ1) is 8.46. The van der Waals surface area contributed by atoms with Crippen LogP contribution in [-0.4, -0.2) is 25.8 Å². The van der Waals surface area contributed by atoms with Crippen molar-refractivity contribution in [2.24, 2.45) is 0 Å². The molecule has 94 valence electrons. The van der Waals surface area contributed by atoms with Crippen molar-refractivity contribution in [2.45, 2.75) is 26.3 Å². The maximum atomic E-state index is 11.7. The van der Waals surface area contributed by atoms with Crippen LogP contribution in [0.3, 0.4) is 0 Å². The molecule has 0 aliphatic rings. The molecule has 1 aromatic heterocycles. The third kappa shape index (κ3) is 1.77. The molecular weight excluding hydrogens is 230 g/mol. The van der Waals surface area contributed by atoms with Crippen molar-refractivity contribution in [1.29, 1.82) is 0 Å². The summed E-state index contributed by atoms with van der Waals surface area (Å²) in [5.41, 5.74) is -0.572. The average Bonchev–Trinajstić information content (AvgIpc) is 2.68. The first-order valence-corrected chi connectivity index (χ1v) is 5.66. The van der Waals surface area contributed by atoms with Crippen LogP contribution >= 0.6 is 0 Å². The maximum Gasteiger partial charge on any atom is 0.336 e. The molecule has 2 aromatic rings. The van der Waals surface area contributed by atoms with E-state index >= 15 is 0 Å². The summed E-state index contributed by atoms with van der Waals surface area (Å²) in [5.74, 6) is 0.193. The van der Waals surface area contributed by atoms with E-state index in [4.69, 9.17) is 0 Å². The summed E-state index contributed by atoms with van der Waals surface area (Å²) in [6, 6.07) is 9.05. The summed E-state index contributed by atoms with van der Waals surface area (Å²) in [6.07, 6.45) is 0. The summed E-state index contributed by atoms with van der Waals surface area (Å²) >= 11 is 0. The molecule has 0 amide bonds. The Morgan fingerprint density at radius 3 is 2.33 bits per heavy atom. The van der Waals surface area contributed by atoms with Crippen LogP contribution in [0.25, 0.3) is 0 Å². The number of carboxylic acid groups (broad SMARTS) is 1. The van der Waals surface area contributed by atoms with Gasteiger partial charge in [0.1, 0.15) is 11.6 Å². The minimum Gasteiger partial charge on any atom is -0.479 e. The van der Waals surface area contributed by atoms with Crippen LogP contribution in [0.15, 0.2) is 30.3 Å². The molecule has 0 aliphatic heterocycles. The standard InChI is InChI=1S/C13H15N3O2/c1-9-14-10(2)16(15-9)13(3,12(17)18)11-7-5-4-6-8-11/h4-8H,1-3H3,(H,17,18). The van der Waals surface area contributed by atoms with Crippen molar-refractivity contribution < 1.29 is 9.90 Å². The molecule has 18 heavy (non-hydrogen) atoms. The van der Waals surface area contributed by atoms with Gasteiger partial charge in [-0.1, -0.05) is 30.3 Å². The van der Waals surface area contributed by atoms with Gasteiger partial charge < -0.3 is 5.11 Å². The van der Waals surface area contributed by atoms with Crippen molar-refractivity contribution in [3.8, 4) is 0 Å². The summed E-state index contributed by atoms with van der Waals surface area (Å²) in [5, 5.41) is 13.8. The Bertz CT molecular complexity index is 577. The fraction of sp³-hybridized carbons (Fsp3) is 0.308. The Hall–Kier alpha value is -2.17. The van der Waals surface area contributed by atoms with Crippen molar-refractivity contribution in [3.63, 3.8) is 0 Å². The van der Waals surface area contributed by atoms with Crippen molar-refractivity contribution in [1.82, 2.24) is 14.8 Å². The molecule has 0 spiro atoms. The zero-order valence-corrected chi connectivity index (χ0v) is 10.6. The molecule has 0 fully saturated rings. The normalized spacial score (nSPS) is 14.2. The van der Waals surface area contributed by atoms with Gasteiger partial charge in [-0.05, 0) is 26.3 Å². The van der Waals surface area contributed by atoms with Crippen LogP contribution in [0.5, 0.6) is 0 Å². The van der Waals surface area contributed by atoms with Crippen LogP contribution in [0.4, 0.5) is 0 Å². The lowest BCUT2D eigenvalue weighted by Crippen LogP contribution is -2.41. The topological polar surface area (TPSA) is 68.0 Å². The first-order valence-electron chi connectivity index (χ1n) is 5.66. The number of aromatic nitrogens is 3. The van der Waals surface area contributed by atoms with Crippen molar-refractivity contribution >= 4 is 5.97 Å². The predicted octanol–water partition coefficient (Wildman–Crippen LogP) is 1.74. The number of aliphatic carboxylic acids is 1. The Morgan fingerprint density at radius 1 is 1.28 bits per heavy atom. The number of benzene rings is 1. The van der Waals surface area contributed by atoms with Crippen LogP contribution in [0.1, 0.15) is 24.1 Å². The lowest BCUT2D eigenvalue weighted by molar-refractivity contribution is -0.145. The lowest BCUT2D eigenvalue weighted by Gasteiger charge is -2.26. The molecule has 1 unspecified atom stereocenters. The summed E-state index contributed by atoms with van der Waals surface area (Å²) in [4.78, 5) is 15.9. The highest BCUT2D eigenvalue weighted by Crippen LogP contribution is 2.26. The quantitative estimate of drug-likeness (QED) is 0.894. The maximum absolute atomic E-state index is 11.7. The zero-order valence-electron chi connectivity index (χ0n) is 10.6. The summed E-state index contributed by atoms with van der Waals surface area (Å²) < 4.78 is 1.46. The number of carboxylic acids is 1. The van der Waals surface area contributed by atoms with Crippen molar-refractivity contribution in [3.05, 3.63) is 47.5 Å². The molecule has 0 radical (unpaired) electrons. The molecule has 2 rings (SSSR count). The van der Waals surface area contributed by atoms with E-state index in [-0.39, 0.29) is 0 Å².